The van der Waals surface area contributed by atoms with Crippen molar-refractivity contribution in [3.63, 3.8) is 0 Å². The standard InChI is InChI=1S/C10H11N3O2/c1-10(7-5-3-4-6-11-7)8(14)13(2)9(15)12-10/h3-6H,1-2H3,(H,12,15). The summed E-state index contributed by atoms with van der Waals surface area (Å²) in [4.78, 5) is 28.3. The zero-order chi connectivity index (χ0) is 11.1. The maximum absolute atomic E-state index is 11.8. The van der Waals surface area contributed by atoms with Crippen LogP contribution in [0.15, 0.2) is 24.4 Å². The molecule has 1 aromatic rings. The number of nitrogens with zero attached hydrogens (tertiary/aromatic N) is 2. The number of amides is 3. The average Bonchev–Trinajstić information content (AvgIpc) is 2.45. The summed E-state index contributed by atoms with van der Waals surface area (Å²) in [6.07, 6.45) is 1.60. The summed E-state index contributed by atoms with van der Waals surface area (Å²) in [7, 11) is 1.45. The Labute approximate surface area is 87.1 Å². The number of likely N-dealkylation sites (N-methyl/N-ethyl adjacent to an activating group) is 1. The van der Waals surface area contributed by atoms with E-state index < -0.39 is 11.6 Å². The molecule has 1 N–H and O–H groups in total. The van der Waals surface area contributed by atoms with Gasteiger partial charge in [-0.3, -0.25) is 14.7 Å². The number of hydrogen-bond donors (Lipinski definition) is 1. The molecule has 5 heteroatoms. The van der Waals surface area contributed by atoms with E-state index in [1.807, 2.05) is 0 Å². The molecule has 5 nitrogen and oxygen atoms in total. The summed E-state index contributed by atoms with van der Waals surface area (Å²) >= 11 is 0. The molecule has 0 spiro atoms. The first-order valence-electron chi connectivity index (χ1n) is 4.57. The second-order valence-electron chi connectivity index (χ2n) is 3.63. The zero-order valence-corrected chi connectivity index (χ0v) is 8.52. The SMILES string of the molecule is CN1C(=O)NC(C)(c2ccccn2)C1=O. The van der Waals surface area contributed by atoms with E-state index in [1.165, 1.54) is 7.05 Å². The van der Waals surface area contributed by atoms with Gasteiger partial charge in [-0.2, -0.15) is 0 Å². The van der Waals surface area contributed by atoms with Gasteiger partial charge in [-0.05, 0) is 19.1 Å². The molecule has 0 aromatic carbocycles. The van der Waals surface area contributed by atoms with Crippen molar-refractivity contribution in [2.45, 2.75) is 12.5 Å². The number of nitrogens with one attached hydrogen (secondary N) is 1. The number of imide groups is 1. The second kappa shape index (κ2) is 3.05. The van der Waals surface area contributed by atoms with Crippen LogP contribution in [0.5, 0.6) is 0 Å². The van der Waals surface area contributed by atoms with Gasteiger partial charge in [-0.15, -0.1) is 0 Å². The summed E-state index contributed by atoms with van der Waals surface area (Å²) < 4.78 is 0. The fourth-order valence-electron chi connectivity index (χ4n) is 1.61. The van der Waals surface area contributed by atoms with Crippen molar-refractivity contribution in [3.8, 4) is 0 Å². The van der Waals surface area contributed by atoms with Gasteiger partial charge in [0, 0.05) is 13.2 Å². The molecule has 1 aliphatic rings. The minimum atomic E-state index is -1.03. The van der Waals surface area contributed by atoms with Gasteiger partial charge >= 0.3 is 6.03 Å². The van der Waals surface area contributed by atoms with E-state index in [1.54, 1.807) is 31.3 Å². The van der Waals surface area contributed by atoms with Crippen molar-refractivity contribution in [1.29, 1.82) is 0 Å². The number of carbonyl (C=O) groups is 2. The average molecular weight is 205 g/mol. The Hall–Kier alpha value is -1.91. The molecule has 78 valence electrons. The van der Waals surface area contributed by atoms with E-state index in [9.17, 15) is 9.59 Å². The Morgan fingerprint density at radius 1 is 1.40 bits per heavy atom. The van der Waals surface area contributed by atoms with Gasteiger partial charge in [0.1, 0.15) is 0 Å². The van der Waals surface area contributed by atoms with Gasteiger partial charge in [0.05, 0.1) is 5.69 Å². The van der Waals surface area contributed by atoms with Crippen LogP contribution in [0.2, 0.25) is 0 Å². The van der Waals surface area contributed by atoms with Gasteiger partial charge in [0.25, 0.3) is 5.91 Å². The first-order valence-corrected chi connectivity index (χ1v) is 4.57. The highest BCUT2D eigenvalue weighted by Crippen LogP contribution is 2.25. The van der Waals surface area contributed by atoms with Crippen molar-refractivity contribution in [3.05, 3.63) is 30.1 Å². The molecular weight excluding hydrogens is 194 g/mol. The third kappa shape index (κ3) is 1.27. The predicted molar refractivity (Wildman–Crippen MR) is 52.9 cm³/mol. The van der Waals surface area contributed by atoms with E-state index in [0.717, 1.165) is 4.90 Å². The molecule has 1 aliphatic heterocycles. The molecule has 1 saturated heterocycles. The molecule has 0 radical (unpaired) electrons. The quantitative estimate of drug-likeness (QED) is 0.678. The molecule has 2 rings (SSSR count). The van der Waals surface area contributed by atoms with Gasteiger partial charge in [0.15, 0.2) is 5.54 Å². The first kappa shape index (κ1) is 9.64. The maximum Gasteiger partial charge on any atom is 0.325 e. The largest absolute Gasteiger partial charge is 0.325 e. The van der Waals surface area contributed by atoms with Crippen molar-refractivity contribution >= 4 is 11.9 Å². The molecule has 0 bridgehead atoms. The van der Waals surface area contributed by atoms with Crippen LogP contribution in [0.3, 0.4) is 0 Å². The summed E-state index contributed by atoms with van der Waals surface area (Å²) in [6, 6.07) is 4.87. The summed E-state index contributed by atoms with van der Waals surface area (Å²) in [6.45, 7) is 1.65. The molecule has 1 unspecified atom stereocenters. The lowest BCUT2D eigenvalue weighted by Gasteiger charge is -2.19. The molecule has 1 aromatic heterocycles. The lowest BCUT2D eigenvalue weighted by molar-refractivity contribution is -0.130. The topological polar surface area (TPSA) is 62.3 Å². The number of hydrogen-bond acceptors (Lipinski definition) is 3. The fourth-order valence-corrected chi connectivity index (χ4v) is 1.61. The Morgan fingerprint density at radius 2 is 2.13 bits per heavy atom. The number of rotatable bonds is 1. The smallest absolute Gasteiger partial charge is 0.318 e. The van der Waals surface area contributed by atoms with Gasteiger partial charge in [-0.1, -0.05) is 6.07 Å². The monoisotopic (exact) mass is 205 g/mol. The number of carbonyl (C=O) groups excluding carboxylic acids is 2. The van der Waals surface area contributed by atoms with Crippen molar-refractivity contribution in [1.82, 2.24) is 15.2 Å². The highest BCUT2D eigenvalue weighted by atomic mass is 16.2. The van der Waals surface area contributed by atoms with Crippen molar-refractivity contribution in [2.75, 3.05) is 7.05 Å². The van der Waals surface area contributed by atoms with E-state index >= 15 is 0 Å². The van der Waals surface area contributed by atoms with E-state index in [0.29, 0.717) is 5.69 Å². The van der Waals surface area contributed by atoms with Crippen LogP contribution in [0.4, 0.5) is 4.79 Å². The van der Waals surface area contributed by atoms with Crippen LogP contribution in [-0.4, -0.2) is 28.9 Å². The molecular formula is C10H11N3O2. The molecule has 3 amide bonds. The Bertz CT molecular complexity index is 418. The van der Waals surface area contributed by atoms with E-state index in [2.05, 4.69) is 10.3 Å². The third-order valence-electron chi connectivity index (χ3n) is 2.57. The Kier molecular flexibility index (Phi) is 1.96. The zero-order valence-electron chi connectivity index (χ0n) is 8.52. The maximum atomic E-state index is 11.8. The third-order valence-corrected chi connectivity index (χ3v) is 2.57. The van der Waals surface area contributed by atoms with Crippen LogP contribution >= 0.6 is 0 Å². The minimum absolute atomic E-state index is 0.286. The van der Waals surface area contributed by atoms with E-state index in [4.69, 9.17) is 0 Å². The molecule has 2 heterocycles. The lowest BCUT2D eigenvalue weighted by atomic mass is 9.97. The van der Waals surface area contributed by atoms with Crippen LogP contribution in [0.25, 0.3) is 0 Å². The van der Waals surface area contributed by atoms with Crippen molar-refractivity contribution in [2.24, 2.45) is 0 Å². The molecule has 0 saturated carbocycles. The van der Waals surface area contributed by atoms with Gasteiger partial charge in [-0.25, -0.2) is 4.79 Å². The van der Waals surface area contributed by atoms with E-state index in [-0.39, 0.29) is 5.91 Å². The van der Waals surface area contributed by atoms with Gasteiger partial charge in [0.2, 0.25) is 0 Å². The highest BCUT2D eigenvalue weighted by Gasteiger charge is 2.48. The highest BCUT2D eigenvalue weighted by molar-refractivity contribution is 6.06. The van der Waals surface area contributed by atoms with Crippen LogP contribution < -0.4 is 5.32 Å². The van der Waals surface area contributed by atoms with Crippen LogP contribution in [0, 0.1) is 0 Å². The molecule has 0 aliphatic carbocycles. The second-order valence-corrected chi connectivity index (χ2v) is 3.63. The summed E-state index contributed by atoms with van der Waals surface area (Å²) in [5, 5.41) is 2.62. The normalized spacial score (nSPS) is 25.6. The first-order chi connectivity index (χ1) is 7.05. The van der Waals surface area contributed by atoms with Crippen LogP contribution in [-0.2, 0) is 10.3 Å². The van der Waals surface area contributed by atoms with Gasteiger partial charge < -0.3 is 5.32 Å². The lowest BCUT2D eigenvalue weighted by Crippen LogP contribution is -2.41. The van der Waals surface area contributed by atoms with Crippen LogP contribution in [0.1, 0.15) is 12.6 Å². The molecule has 1 fully saturated rings. The Morgan fingerprint density at radius 3 is 2.60 bits per heavy atom. The number of aromatic nitrogens is 1. The molecule has 15 heavy (non-hydrogen) atoms. The summed E-state index contributed by atoms with van der Waals surface area (Å²) in [5.74, 6) is -0.286. The number of pyridine rings is 1. The molecule has 1 atom stereocenters. The minimum Gasteiger partial charge on any atom is -0.318 e. The Balaban J connectivity index is 2.45. The predicted octanol–water partition coefficient (Wildman–Crippen LogP) is 0.478. The van der Waals surface area contributed by atoms with Crippen molar-refractivity contribution < 1.29 is 9.59 Å². The fraction of sp³-hybridized carbons (Fsp3) is 0.300. The number of urea groups is 1. The summed E-state index contributed by atoms with van der Waals surface area (Å²) in [5.41, 5.74) is -0.486.